The first-order valence-electron chi connectivity index (χ1n) is 5.66. The zero-order valence-electron chi connectivity index (χ0n) is 9.77. The molecule has 1 N–H and O–H groups in total. The van der Waals surface area contributed by atoms with Crippen molar-refractivity contribution in [2.24, 2.45) is 0 Å². The smallest absolute Gasteiger partial charge is 0.224 e. The summed E-state index contributed by atoms with van der Waals surface area (Å²) in [5, 5.41) is 6.05. The Morgan fingerprint density at radius 3 is 2.58 bits per heavy atom. The van der Waals surface area contributed by atoms with E-state index in [1.54, 1.807) is 0 Å². The number of nitrogens with zero attached hydrogens (tertiary/aromatic N) is 2. The van der Waals surface area contributed by atoms with Crippen LogP contribution in [0.5, 0.6) is 0 Å². The summed E-state index contributed by atoms with van der Waals surface area (Å²) < 4.78 is 0. The SMILES string of the molecule is Clc1ncc(Cl)c(Nc2ccc3ccccc3c2)n1. The Kier molecular flexibility index (Phi) is 3.23. The highest BCUT2D eigenvalue weighted by molar-refractivity contribution is 6.33. The third-order valence-corrected chi connectivity index (χ3v) is 3.19. The number of nitrogens with one attached hydrogen (secondary N) is 1. The minimum absolute atomic E-state index is 0.160. The van der Waals surface area contributed by atoms with Crippen LogP contribution in [0.25, 0.3) is 10.8 Å². The van der Waals surface area contributed by atoms with Gasteiger partial charge >= 0.3 is 0 Å². The lowest BCUT2D eigenvalue weighted by Gasteiger charge is -2.08. The van der Waals surface area contributed by atoms with Gasteiger partial charge in [-0.1, -0.05) is 41.9 Å². The van der Waals surface area contributed by atoms with Gasteiger partial charge in [-0.25, -0.2) is 4.98 Å². The summed E-state index contributed by atoms with van der Waals surface area (Å²) >= 11 is 11.8. The molecule has 0 saturated heterocycles. The van der Waals surface area contributed by atoms with Crippen LogP contribution in [0.4, 0.5) is 11.5 Å². The lowest BCUT2D eigenvalue weighted by molar-refractivity contribution is 1.17. The van der Waals surface area contributed by atoms with Gasteiger partial charge in [-0.15, -0.1) is 0 Å². The second kappa shape index (κ2) is 5.03. The maximum Gasteiger partial charge on any atom is 0.224 e. The van der Waals surface area contributed by atoms with Gasteiger partial charge in [-0.3, -0.25) is 0 Å². The van der Waals surface area contributed by atoms with Crippen molar-refractivity contribution in [1.82, 2.24) is 9.97 Å². The van der Waals surface area contributed by atoms with Gasteiger partial charge in [0.05, 0.1) is 6.20 Å². The van der Waals surface area contributed by atoms with Crippen molar-refractivity contribution in [3.8, 4) is 0 Å². The molecule has 0 radical (unpaired) electrons. The molecule has 0 aliphatic rings. The number of rotatable bonds is 2. The van der Waals surface area contributed by atoms with E-state index in [4.69, 9.17) is 23.2 Å². The van der Waals surface area contributed by atoms with E-state index in [0.717, 1.165) is 11.1 Å². The summed E-state index contributed by atoms with van der Waals surface area (Å²) in [6.45, 7) is 0. The van der Waals surface area contributed by atoms with Gasteiger partial charge in [0.1, 0.15) is 5.02 Å². The highest BCUT2D eigenvalue weighted by Gasteiger charge is 2.05. The van der Waals surface area contributed by atoms with Crippen LogP contribution in [0.15, 0.2) is 48.7 Å². The lowest BCUT2D eigenvalue weighted by Crippen LogP contribution is -1.96. The molecule has 0 atom stereocenters. The maximum absolute atomic E-state index is 6.02. The first-order chi connectivity index (χ1) is 9.22. The molecule has 1 aromatic heterocycles. The monoisotopic (exact) mass is 289 g/mol. The Bertz CT molecular complexity index is 744. The number of benzene rings is 2. The summed E-state index contributed by atoms with van der Waals surface area (Å²) in [5.41, 5.74) is 0.898. The molecule has 3 rings (SSSR count). The van der Waals surface area contributed by atoms with Crippen LogP contribution in [-0.2, 0) is 0 Å². The standard InChI is InChI=1S/C14H9Cl2N3/c15-12-8-17-14(16)19-13(12)18-11-6-5-9-3-1-2-4-10(9)7-11/h1-8H,(H,17,18,19). The van der Waals surface area contributed by atoms with Crippen LogP contribution < -0.4 is 5.32 Å². The summed E-state index contributed by atoms with van der Waals surface area (Å²) in [7, 11) is 0. The zero-order valence-corrected chi connectivity index (χ0v) is 11.3. The molecule has 3 nitrogen and oxygen atoms in total. The Hall–Kier alpha value is -1.84. The Morgan fingerprint density at radius 1 is 0.947 bits per heavy atom. The maximum atomic E-state index is 6.02. The minimum Gasteiger partial charge on any atom is -0.339 e. The summed E-state index contributed by atoms with van der Waals surface area (Å²) in [5.74, 6) is 0.497. The molecule has 0 spiro atoms. The van der Waals surface area contributed by atoms with Crippen molar-refractivity contribution in [1.29, 1.82) is 0 Å². The molecule has 0 bridgehead atoms. The highest BCUT2D eigenvalue weighted by Crippen LogP contribution is 2.26. The quantitative estimate of drug-likeness (QED) is 0.696. The molecule has 0 amide bonds. The Labute approximate surface area is 120 Å². The Balaban J connectivity index is 1.98. The third kappa shape index (κ3) is 2.62. The molecule has 19 heavy (non-hydrogen) atoms. The average Bonchev–Trinajstić information content (AvgIpc) is 2.43. The molecule has 0 aliphatic heterocycles. The molecule has 0 saturated carbocycles. The first kappa shape index (κ1) is 12.2. The van der Waals surface area contributed by atoms with Crippen molar-refractivity contribution in [2.45, 2.75) is 0 Å². The number of hydrogen-bond donors (Lipinski definition) is 1. The molecule has 94 valence electrons. The first-order valence-corrected chi connectivity index (χ1v) is 6.42. The van der Waals surface area contributed by atoms with Gasteiger partial charge in [0.15, 0.2) is 5.82 Å². The van der Waals surface area contributed by atoms with E-state index in [2.05, 4.69) is 27.4 Å². The van der Waals surface area contributed by atoms with Crippen LogP contribution >= 0.6 is 23.2 Å². The summed E-state index contributed by atoms with van der Waals surface area (Å²) in [6.07, 6.45) is 1.47. The van der Waals surface area contributed by atoms with Gasteiger partial charge in [-0.2, -0.15) is 4.98 Å². The van der Waals surface area contributed by atoms with Gasteiger partial charge in [0, 0.05) is 5.69 Å². The van der Waals surface area contributed by atoms with Gasteiger partial charge in [0.25, 0.3) is 0 Å². The second-order valence-corrected chi connectivity index (χ2v) is 4.77. The third-order valence-electron chi connectivity index (χ3n) is 2.73. The molecule has 0 fully saturated rings. The summed E-state index contributed by atoms with van der Waals surface area (Å²) in [6, 6.07) is 14.2. The average molecular weight is 290 g/mol. The number of aromatic nitrogens is 2. The van der Waals surface area contributed by atoms with Gasteiger partial charge < -0.3 is 5.32 Å². The minimum atomic E-state index is 0.160. The van der Waals surface area contributed by atoms with E-state index in [1.807, 2.05) is 30.3 Å². The fourth-order valence-corrected chi connectivity index (χ4v) is 2.11. The summed E-state index contributed by atoms with van der Waals surface area (Å²) in [4.78, 5) is 7.87. The number of hydrogen-bond acceptors (Lipinski definition) is 3. The topological polar surface area (TPSA) is 37.8 Å². The highest BCUT2D eigenvalue weighted by atomic mass is 35.5. The van der Waals surface area contributed by atoms with Crippen molar-refractivity contribution < 1.29 is 0 Å². The van der Waals surface area contributed by atoms with Crippen LogP contribution in [-0.4, -0.2) is 9.97 Å². The van der Waals surface area contributed by atoms with E-state index in [1.165, 1.54) is 11.6 Å². The molecular formula is C14H9Cl2N3. The molecule has 5 heteroatoms. The molecule has 0 unspecified atom stereocenters. The molecule has 1 heterocycles. The van der Waals surface area contributed by atoms with E-state index in [9.17, 15) is 0 Å². The van der Waals surface area contributed by atoms with Gasteiger partial charge in [0.2, 0.25) is 5.28 Å². The van der Waals surface area contributed by atoms with Crippen LogP contribution in [0.2, 0.25) is 10.3 Å². The van der Waals surface area contributed by atoms with E-state index in [0.29, 0.717) is 10.8 Å². The molecule has 2 aromatic carbocycles. The van der Waals surface area contributed by atoms with Crippen LogP contribution in [0.1, 0.15) is 0 Å². The largest absolute Gasteiger partial charge is 0.339 e. The fourth-order valence-electron chi connectivity index (χ4n) is 1.84. The van der Waals surface area contributed by atoms with E-state index < -0.39 is 0 Å². The normalized spacial score (nSPS) is 10.6. The van der Waals surface area contributed by atoms with Gasteiger partial charge in [-0.05, 0) is 34.5 Å². The molecule has 0 aliphatic carbocycles. The molecular weight excluding hydrogens is 281 g/mol. The predicted octanol–water partition coefficient (Wildman–Crippen LogP) is 4.68. The Morgan fingerprint density at radius 2 is 1.74 bits per heavy atom. The number of fused-ring (bicyclic) bond motifs is 1. The van der Waals surface area contributed by atoms with Crippen LogP contribution in [0.3, 0.4) is 0 Å². The lowest BCUT2D eigenvalue weighted by atomic mass is 10.1. The zero-order chi connectivity index (χ0) is 13.2. The second-order valence-electron chi connectivity index (χ2n) is 4.02. The van der Waals surface area contributed by atoms with E-state index in [-0.39, 0.29) is 5.28 Å². The number of anilines is 2. The predicted molar refractivity (Wildman–Crippen MR) is 79.3 cm³/mol. The van der Waals surface area contributed by atoms with Crippen molar-refractivity contribution >= 4 is 45.5 Å². The van der Waals surface area contributed by atoms with Crippen LogP contribution in [0, 0.1) is 0 Å². The van der Waals surface area contributed by atoms with Crippen molar-refractivity contribution in [2.75, 3.05) is 5.32 Å². The number of halogens is 2. The van der Waals surface area contributed by atoms with E-state index >= 15 is 0 Å². The van der Waals surface area contributed by atoms with Crippen molar-refractivity contribution in [3.05, 3.63) is 59.0 Å². The fraction of sp³-hybridized carbons (Fsp3) is 0. The molecule has 3 aromatic rings. The van der Waals surface area contributed by atoms with Crippen molar-refractivity contribution in [3.63, 3.8) is 0 Å².